The molecule has 22 heavy (non-hydrogen) atoms. The van der Waals surface area contributed by atoms with Crippen LogP contribution in [0.1, 0.15) is 16.1 Å². The van der Waals surface area contributed by atoms with Crippen LogP contribution >= 0.6 is 33.9 Å². The van der Waals surface area contributed by atoms with Gasteiger partial charge < -0.3 is 4.74 Å². The van der Waals surface area contributed by atoms with E-state index in [1.807, 2.05) is 53.9 Å². The lowest BCUT2D eigenvalue weighted by atomic mass is 10.2. The van der Waals surface area contributed by atoms with E-state index in [1.165, 1.54) is 0 Å². The zero-order valence-corrected chi connectivity index (χ0v) is 14.5. The van der Waals surface area contributed by atoms with Crippen molar-refractivity contribution in [2.24, 2.45) is 0 Å². The zero-order chi connectivity index (χ0) is 15.4. The number of nitrogens with zero attached hydrogens (tertiary/aromatic N) is 1. The molecule has 0 fully saturated rings. The van der Waals surface area contributed by atoms with E-state index in [9.17, 15) is 4.79 Å². The van der Waals surface area contributed by atoms with Crippen molar-refractivity contribution in [3.8, 4) is 10.6 Å². The third-order valence-corrected chi connectivity index (χ3v) is 4.90. The van der Waals surface area contributed by atoms with Crippen molar-refractivity contribution in [1.29, 1.82) is 0 Å². The number of hydrogen-bond acceptors (Lipinski definition) is 4. The highest BCUT2D eigenvalue weighted by molar-refractivity contribution is 14.1. The third-order valence-electron chi connectivity index (χ3n) is 3.02. The van der Waals surface area contributed by atoms with E-state index in [0.717, 1.165) is 19.8 Å². The van der Waals surface area contributed by atoms with E-state index in [2.05, 4.69) is 27.6 Å². The van der Waals surface area contributed by atoms with Gasteiger partial charge in [0.1, 0.15) is 11.6 Å². The summed E-state index contributed by atoms with van der Waals surface area (Å²) in [6.07, 6.45) is 0. The second-order valence-corrected chi connectivity index (χ2v) is 6.59. The molecule has 2 aromatic carbocycles. The summed E-state index contributed by atoms with van der Waals surface area (Å²) in [6.45, 7) is 0.188. The molecule has 0 bridgehead atoms. The Morgan fingerprint density at radius 3 is 2.59 bits per heavy atom. The molecule has 110 valence electrons. The third kappa shape index (κ3) is 3.53. The van der Waals surface area contributed by atoms with E-state index >= 15 is 0 Å². The van der Waals surface area contributed by atoms with Crippen LogP contribution in [-0.2, 0) is 11.3 Å². The molecule has 0 atom stereocenters. The number of halogens is 1. The van der Waals surface area contributed by atoms with Gasteiger partial charge in [0.2, 0.25) is 0 Å². The molecule has 3 nitrogen and oxygen atoms in total. The first kappa shape index (κ1) is 15.2. The number of carbonyl (C=O) groups excluding carboxylic acids is 1. The molecule has 3 rings (SSSR count). The van der Waals surface area contributed by atoms with Crippen molar-refractivity contribution in [3.05, 3.63) is 74.8 Å². The fourth-order valence-electron chi connectivity index (χ4n) is 1.93. The molecule has 3 aromatic rings. The van der Waals surface area contributed by atoms with E-state index in [4.69, 9.17) is 4.74 Å². The summed E-state index contributed by atoms with van der Waals surface area (Å²) in [5.74, 6) is -0.320. The minimum atomic E-state index is -0.320. The van der Waals surface area contributed by atoms with Gasteiger partial charge in [0.05, 0.1) is 11.3 Å². The highest BCUT2D eigenvalue weighted by Gasteiger charge is 2.12. The zero-order valence-electron chi connectivity index (χ0n) is 11.5. The van der Waals surface area contributed by atoms with Crippen molar-refractivity contribution in [2.45, 2.75) is 6.61 Å². The Hall–Kier alpha value is -1.73. The second-order valence-electron chi connectivity index (χ2n) is 4.57. The van der Waals surface area contributed by atoms with E-state index in [0.29, 0.717) is 5.56 Å². The number of rotatable bonds is 4. The number of ether oxygens (including phenoxy) is 1. The molecule has 0 aliphatic heterocycles. The molecule has 0 unspecified atom stereocenters. The average molecular weight is 421 g/mol. The molecule has 0 N–H and O–H groups in total. The molecule has 1 heterocycles. The highest BCUT2D eigenvalue weighted by atomic mass is 127. The largest absolute Gasteiger partial charge is 0.456 e. The molecule has 0 saturated carbocycles. The topological polar surface area (TPSA) is 39.2 Å². The molecule has 0 spiro atoms. The van der Waals surface area contributed by atoms with Crippen LogP contribution in [0.25, 0.3) is 10.6 Å². The maximum atomic E-state index is 12.1. The first-order valence-electron chi connectivity index (χ1n) is 6.65. The Morgan fingerprint density at radius 1 is 1.09 bits per heavy atom. The summed E-state index contributed by atoms with van der Waals surface area (Å²) in [5.41, 5.74) is 2.42. The summed E-state index contributed by atoms with van der Waals surface area (Å²) in [7, 11) is 0. The van der Waals surface area contributed by atoms with Crippen molar-refractivity contribution in [2.75, 3.05) is 0 Å². The number of hydrogen-bond donors (Lipinski definition) is 0. The molecule has 0 aliphatic rings. The first-order chi connectivity index (χ1) is 10.7. The van der Waals surface area contributed by atoms with Crippen LogP contribution in [-0.4, -0.2) is 11.0 Å². The minimum Gasteiger partial charge on any atom is -0.456 e. The van der Waals surface area contributed by atoms with Crippen molar-refractivity contribution in [3.63, 3.8) is 0 Å². The summed E-state index contributed by atoms with van der Waals surface area (Å²) in [4.78, 5) is 16.6. The fraction of sp³-hybridized carbons (Fsp3) is 0.0588. The Bertz CT molecular complexity index is 786. The SMILES string of the molecule is O=C(OCc1csc(-c2ccccc2)n1)c1ccccc1I. The minimum absolute atomic E-state index is 0.188. The number of benzene rings is 2. The first-order valence-corrected chi connectivity index (χ1v) is 8.61. The van der Waals surface area contributed by atoms with Crippen LogP contribution in [0.3, 0.4) is 0 Å². The number of aromatic nitrogens is 1. The Labute approximate surface area is 146 Å². The lowest BCUT2D eigenvalue weighted by molar-refractivity contribution is 0.0467. The second kappa shape index (κ2) is 7.02. The average Bonchev–Trinajstić information content (AvgIpc) is 3.03. The Balaban J connectivity index is 1.67. The predicted molar refractivity (Wildman–Crippen MR) is 95.8 cm³/mol. The van der Waals surface area contributed by atoms with Crippen LogP contribution < -0.4 is 0 Å². The number of thiazole rings is 1. The molecule has 0 saturated heterocycles. The van der Waals surface area contributed by atoms with Gasteiger partial charge in [-0.3, -0.25) is 0 Å². The highest BCUT2D eigenvalue weighted by Crippen LogP contribution is 2.23. The van der Waals surface area contributed by atoms with Crippen LogP contribution in [0.15, 0.2) is 60.0 Å². The lowest BCUT2D eigenvalue weighted by Crippen LogP contribution is -2.07. The summed E-state index contributed by atoms with van der Waals surface area (Å²) < 4.78 is 6.23. The van der Waals surface area contributed by atoms with Gasteiger partial charge in [0.25, 0.3) is 0 Å². The van der Waals surface area contributed by atoms with Crippen molar-refractivity contribution >= 4 is 39.9 Å². The smallest absolute Gasteiger partial charge is 0.339 e. The molecule has 0 radical (unpaired) electrons. The van der Waals surface area contributed by atoms with Gasteiger partial charge in [-0.2, -0.15) is 0 Å². The van der Waals surface area contributed by atoms with Crippen molar-refractivity contribution < 1.29 is 9.53 Å². The van der Waals surface area contributed by atoms with Gasteiger partial charge >= 0.3 is 5.97 Å². The van der Waals surface area contributed by atoms with Gasteiger partial charge in [-0.05, 0) is 34.7 Å². The Morgan fingerprint density at radius 2 is 1.82 bits per heavy atom. The predicted octanol–water partition coefficient (Wildman–Crippen LogP) is 4.77. The molecular formula is C17H12INO2S. The molecule has 0 amide bonds. The maximum Gasteiger partial charge on any atom is 0.339 e. The van der Waals surface area contributed by atoms with Gasteiger partial charge in [-0.1, -0.05) is 42.5 Å². The van der Waals surface area contributed by atoms with Crippen LogP contribution in [0.4, 0.5) is 0 Å². The van der Waals surface area contributed by atoms with E-state index in [-0.39, 0.29) is 12.6 Å². The van der Waals surface area contributed by atoms with E-state index in [1.54, 1.807) is 17.4 Å². The monoisotopic (exact) mass is 421 g/mol. The van der Waals surface area contributed by atoms with Gasteiger partial charge in [-0.25, -0.2) is 9.78 Å². The summed E-state index contributed by atoms with van der Waals surface area (Å²) in [5, 5.41) is 2.85. The van der Waals surface area contributed by atoms with Crippen molar-refractivity contribution in [1.82, 2.24) is 4.98 Å². The van der Waals surface area contributed by atoms with Crippen LogP contribution in [0.5, 0.6) is 0 Å². The molecule has 5 heteroatoms. The van der Waals surface area contributed by atoms with Gasteiger partial charge in [0, 0.05) is 14.5 Å². The van der Waals surface area contributed by atoms with Crippen LogP contribution in [0, 0.1) is 3.57 Å². The summed E-state index contributed by atoms with van der Waals surface area (Å²) in [6, 6.07) is 17.3. The number of carbonyl (C=O) groups is 1. The van der Waals surface area contributed by atoms with E-state index < -0.39 is 0 Å². The van der Waals surface area contributed by atoms with Crippen LogP contribution in [0.2, 0.25) is 0 Å². The summed E-state index contributed by atoms with van der Waals surface area (Å²) >= 11 is 3.68. The Kier molecular flexibility index (Phi) is 4.84. The maximum absolute atomic E-state index is 12.1. The number of esters is 1. The molecule has 0 aliphatic carbocycles. The normalized spacial score (nSPS) is 10.4. The molecular weight excluding hydrogens is 409 g/mol. The lowest BCUT2D eigenvalue weighted by Gasteiger charge is -2.04. The van der Waals surface area contributed by atoms with Gasteiger partial charge in [-0.15, -0.1) is 11.3 Å². The quantitative estimate of drug-likeness (QED) is 0.450. The fourth-order valence-corrected chi connectivity index (χ4v) is 3.35. The van der Waals surface area contributed by atoms with Gasteiger partial charge in [0.15, 0.2) is 0 Å². The standard InChI is InChI=1S/C17H12INO2S/c18-15-9-5-4-8-14(15)17(20)21-10-13-11-22-16(19-13)12-6-2-1-3-7-12/h1-9,11H,10H2. The molecule has 1 aromatic heterocycles.